The summed E-state index contributed by atoms with van der Waals surface area (Å²) >= 11 is 1.83. The van der Waals surface area contributed by atoms with Crippen molar-refractivity contribution in [2.24, 2.45) is 17.8 Å². The molecule has 0 spiro atoms. The van der Waals surface area contributed by atoms with Gasteiger partial charge < -0.3 is 63.8 Å². The number of cyclic esters (lactones) is 1. The lowest BCUT2D eigenvalue weighted by molar-refractivity contribution is -0.318. The second-order valence-electron chi connectivity index (χ2n) is 22.1. The number of ether oxygens (including phenoxy) is 6. The van der Waals surface area contributed by atoms with E-state index in [1.54, 1.807) is 58.6 Å². The maximum atomic E-state index is 14.3. The molecule has 5 heterocycles. The lowest BCUT2D eigenvalue weighted by atomic mass is 9.77. The smallest absolute Gasteiger partial charge is 0.312 e. The predicted molar refractivity (Wildman–Crippen MR) is 282 cm³/mol. The maximum Gasteiger partial charge on any atom is 0.312 e. The highest BCUT2D eigenvalue weighted by molar-refractivity contribution is 14.1. The van der Waals surface area contributed by atoms with E-state index in [1.165, 1.54) is 20.4 Å². The Hall–Kier alpha value is -3.17. The lowest BCUT2D eigenvalue weighted by Crippen LogP contribution is -2.60. The van der Waals surface area contributed by atoms with Gasteiger partial charge in [0, 0.05) is 93.7 Å². The topological polar surface area (TPSA) is 254 Å². The minimum Gasteiger partial charge on any atom is -0.448 e. The molecule has 0 unspecified atom stereocenters. The molecule has 3 aliphatic heterocycles. The number of benzene rings is 1. The Bertz CT molecular complexity index is 2260. The van der Waals surface area contributed by atoms with Crippen LogP contribution in [0.1, 0.15) is 110 Å². The number of methoxy groups -OCH3 is 1. The first-order valence-electron chi connectivity index (χ1n) is 25.9. The number of aliphatic hydroxyl groups excluding tert-OH is 3. The summed E-state index contributed by atoms with van der Waals surface area (Å²) in [6, 6.07) is 6.40. The molecule has 3 saturated heterocycles. The molecule has 74 heavy (non-hydrogen) atoms. The third-order valence-electron chi connectivity index (χ3n) is 15.7. The van der Waals surface area contributed by atoms with Crippen molar-refractivity contribution in [3.63, 3.8) is 0 Å². The third kappa shape index (κ3) is 14.5. The van der Waals surface area contributed by atoms with Gasteiger partial charge in [-0.05, 0) is 116 Å². The number of carbonyl (C=O) groups excluding carboxylic acids is 2. The molecule has 6 rings (SSSR count). The van der Waals surface area contributed by atoms with Crippen molar-refractivity contribution in [2.75, 3.05) is 34.3 Å². The molecular formula is C53H82IN7O13. The molecule has 5 N–H and O–H groups in total. The molecule has 3 aliphatic rings. The van der Waals surface area contributed by atoms with Crippen LogP contribution >= 0.6 is 22.6 Å². The minimum atomic E-state index is -1.86. The summed E-state index contributed by atoms with van der Waals surface area (Å²) in [6.45, 7) is 17.1. The van der Waals surface area contributed by atoms with Crippen LogP contribution in [-0.4, -0.2) is 195 Å². The Morgan fingerprint density at radius 3 is 2.28 bits per heavy atom. The van der Waals surface area contributed by atoms with Crippen LogP contribution in [0.25, 0.3) is 11.1 Å². The number of hydrogen-bond acceptors (Lipinski definition) is 19. The summed E-state index contributed by atoms with van der Waals surface area (Å²) in [5, 5.41) is 68.0. The van der Waals surface area contributed by atoms with E-state index in [9.17, 15) is 35.1 Å². The summed E-state index contributed by atoms with van der Waals surface area (Å²) in [5.41, 5.74) is -1.38. The monoisotopic (exact) mass is 1150 g/mol. The number of halogens is 1. The van der Waals surface area contributed by atoms with Crippen molar-refractivity contribution in [3.05, 3.63) is 60.4 Å². The second-order valence-corrected chi connectivity index (χ2v) is 23.2. The number of alkyl halides is 1. The van der Waals surface area contributed by atoms with E-state index in [0.29, 0.717) is 50.9 Å². The Balaban J connectivity index is 1.18. The third-order valence-corrected chi connectivity index (χ3v) is 17.2. The Morgan fingerprint density at radius 2 is 1.62 bits per heavy atom. The molecule has 18 atom stereocenters. The van der Waals surface area contributed by atoms with E-state index in [4.69, 9.17) is 28.4 Å². The van der Waals surface area contributed by atoms with Crippen molar-refractivity contribution in [3.8, 4) is 11.1 Å². The largest absolute Gasteiger partial charge is 0.448 e. The van der Waals surface area contributed by atoms with Crippen molar-refractivity contribution in [1.82, 2.24) is 34.8 Å². The molecule has 0 aliphatic carbocycles. The van der Waals surface area contributed by atoms with Crippen LogP contribution in [0.4, 0.5) is 0 Å². The quantitative estimate of drug-likeness (QED) is 0.0619. The molecule has 414 valence electrons. The van der Waals surface area contributed by atoms with Gasteiger partial charge >= 0.3 is 5.97 Å². The van der Waals surface area contributed by atoms with Crippen molar-refractivity contribution in [2.45, 2.75) is 196 Å². The van der Waals surface area contributed by atoms with Crippen LogP contribution in [0.3, 0.4) is 0 Å². The summed E-state index contributed by atoms with van der Waals surface area (Å²) in [7, 11) is 5.24. The molecule has 0 amide bonds. The Kier molecular flexibility index (Phi) is 20.7. The number of rotatable bonds is 15. The van der Waals surface area contributed by atoms with Gasteiger partial charge in [-0.25, -0.2) is 9.97 Å². The van der Waals surface area contributed by atoms with Gasteiger partial charge in [0.1, 0.15) is 30.2 Å². The van der Waals surface area contributed by atoms with Crippen LogP contribution < -0.4 is 0 Å². The lowest BCUT2D eigenvalue weighted by Gasteiger charge is -2.49. The van der Waals surface area contributed by atoms with Crippen molar-refractivity contribution >= 4 is 34.3 Å². The number of carbonyl (C=O) groups is 2. The van der Waals surface area contributed by atoms with Crippen LogP contribution in [0.2, 0.25) is 0 Å². The van der Waals surface area contributed by atoms with Crippen molar-refractivity contribution < 1.29 is 63.5 Å². The van der Waals surface area contributed by atoms with Gasteiger partial charge in [0.25, 0.3) is 0 Å². The zero-order valence-corrected chi connectivity index (χ0v) is 47.3. The first-order valence-corrected chi connectivity index (χ1v) is 27.2. The van der Waals surface area contributed by atoms with Crippen molar-refractivity contribution in [1.29, 1.82) is 0 Å². The van der Waals surface area contributed by atoms with Gasteiger partial charge in [-0.15, -0.1) is 5.10 Å². The number of aryl methyl sites for hydroxylation is 1. The fourth-order valence-electron chi connectivity index (χ4n) is 10.9. The number of aliphatic hydroxyl groups is 5. The molecule has 2 aromatic heterocycles. The second kappa shape index (κ2) is 25.5. The minimum absolute atomic E-state index is 0.0386. The zero-order chi connectivity index (χ0) is 54.4. The molecule has 3 fully saturated rings. The molecule has 0 radical (unpaired) electrons. The van der Waals surface area contributed by atoms with E-state index in [2.05, 4.69) is 20.3 Å². The van der Waals surface area contributed by atoms with Crippen LogP contribution in [0.15, 0.2) is 49.2 Å². The summed E-state index contributed by atoms with van der Waals surface area (Å²) in [5.74, 6) is -2.81. The summed E-state index contributed by atoms with van der Waals surface area (Å²) in [6.07, 6.45) is -0.0338. The average molecular weight is 1150 g/mol. The van der Waals surface area contributed by atoms with Gasteiger partial charge in [0.2, 0.25) is 0 Å². The molecule has 3 aromatic rings. The van der Waals surface area contributed by atoms with Gasteiger partial charge in [-0.3, -0.25) is 14.3 Å². The number of nitrogens with zero attached hydrogens (tertiary/aromatic N) is 7. The van der Waals surface area contributed by atoms with E-state index in [0.717, 1.165) is 16.8 Å². The standard InChI is InChI=1S/C53H82IN7O13/c1-30-23-51(7,67)47(32(3)44(72-42-24-52(8,69-12)46(65)35(6)71-42)33(4)48(66)74-50(54)53(9,68)45(64)34(5)60(11)27-30)73-49-43(63)40(22-31(2)70-49)59(10)21-19-39-28-61(58-57-39)20-13-14-41(62)37-17-15-36(16-18-37)38-25-55-29-56-26-38/h15-18,25-26,28-35,40,42-47,49-50,63-65,67-68H,13-14,19-24,27H2,1-12H3/t30-,31-,32+,33-,34-,35+,40+,42+,43-,44+,45-,46+,47-,49+,50+,51-,52-,53+/m1/s1. The van der Waals surface area contributed by atoms with Crippen LogP contribution in [-0.2, 0) is 46.2 Å². The van der Waals surface area contributed by atoms with Crippen LogP contribution in [0.5, 0.6) is 0 Å². The fraction of sp³-hybridized carbons (Fsp3) is 0.736. The highest BCUT2D eigenvalue weighted by Crippen LogP contribution is 2.40. The fourth-order valence-corrected chi connectivity index (χ4v) is 11.6. The number of aromatic nitrogens is 5. The van der Waals surface area contributed by atoms with E-state index >= 15 is 0 Å². The molecule has 20 nitrogen and oxygen atoms in total. The maximum absolute atomic E-state index is 14.3. The Morgan fingerprint density at radius 1 is 0.946 bits per heavy atom. The van der Waals surface area contributed by atoms with Gasteiger partial charge in [0.05, 0.1) is 47.2 Å². The highest BCUT2D eigenvalue weighted by Gasteiger charge is 2.53. The summed E-state index contributed by atoms with van der Waals surface area (Å²) < 4.78 is 38.6. The highest BCUT2D eigenvalue weighted by atomic mass is 127. The van der Waals surface area contributed by atoms with Gasteiger partial charge in [-0.1, -0.05) is 43.3 Å². The first kappa shape index (κ1) is 60.1. The van der Waals surface area contributed by atoms with E-state index < -0.39 is 100 Å². The molecule has 21 heteroatoms. The Labute approximate surface area is 449 Å². The SMILES string of the molecule is CO[C@]1(C)C[C@H](O[C@H]2[C@H](C)[C@@H](O[C@@H]3O[C@H](C)C[C@H](N(C)CCc4cn(CCCC(=O)c5ccc(-c6cncnc6)cc5)nn4)[C@H]3O)[C@](C)(O)C[C@@H](C)CN(C)[C@H](C)[C@@H](O)[C@](C)(O)[C@@H](I)OC(=O)[C@@H]2C)O[C@@H](C)[C@@H]1O. The number of hydrogen-bond donors (Lipinski definition) is 5. The first-order chi connectivity index (χ1) is 34.8. The number of Topliss-reactive ketones (excluding diaryl/α,β-unsaturated/α-hetero) is 1. The van der Waals surface area contributed by atoms with E-state index in [1.807, 2.05) is 90.8 Å². The van der Waals surface area contributed by atoms with Gasteiger partial charge in [0.15, 0.2) is 22.5 Å². The van der Waals surface area contributed by atoms with Crippen LogP contribution in [0, 0.1) is 17.8 Å². The average Bonchev–Trinajstić information content (AvgIpc) is 3.82. The number of esters is 1. The summed E-state index contributed by atoms with van der Waals surface area (Å²) in [4.78, 5) is 39.4. The predicted octanol–water partition coefficient (Wildman–Crippen LogP) is 4.21. The van der Waals surface area contributed by atoms with Gasteiger partial charge in [-0.2, -0.15) is 0 Å². The normalized spacial score (nSPS) is 38.3. The van der Waals surface area contributed by atoms with E-state index in [-0.39, 0.29) is 30.6 Å². The number of ketones is 1. The zero-order valence-electron chi connectivity index (χ0n) is 45.2. The molecule has 0 saturated carbocycles. The molecule has 0 bridgehead atoms. The molecular weight excluding hydrogens is 1070 g/mol. The molecule has 1 aromatic carbocycles. The number of likely N-dealkylation sites (N-methyl/N-ethyl adjacent to an activating group) is 2.